The molecule has 34 heavy (non-hydrogen) atoms. The van der Waals surface area contributed by atoms with E-state index in [1.165, 1.54) is 43.1 Å². The van der Waals surface area contributed by atoms with Gasteiger partial charge < -0.3 is 25.8 Å². The Morgan fingerprint density at radius 2 is 1.56 bits per heavy atom. The van der Waals surface area contributed by atoms with Crippen LogP contribution in [0.4, 0.5) is 5.69 Å². The van der Waals surface area contributed by atoms with Gasteiger partial charge in [-0.05, 0) is 48.9 Å². The summed E-state index contributed by atoms with van der Waals surface area (Å²) in [6, 6.07) is 12.0. The fourth-order valence-corrected chi connectivity index (χ4v) is 2.58. The van der Waals surface area contributed by atoms with Crippen molar-refractivity contribution in [3.8, 4) is 5.75 Å². The van der Waals surface area contributed by atoms with Crippen LogP contribution in [0.1, 0.15) is 22.8 Å². The van der Waals surface area contributed by atoms with Gasteiger partial charge in [-0.3, -0.25) is 19.6 Å². The lowest BCUT2D eigenvalue weighted by molar-refractivity contribution is -0.148. The SMILES string of the molecule is CNC(=O)C(C)(C(=O)O)c1ccc(OC(=O)c2ccc(N(C)C(=N)N)cc2)cc1.CS(=O)(=O)O. The summed E-state index contributed by atoms with van der Waals surface area (Å²) >= 11 is 0. The topological polar surface area (TPSA) is 200 Å². The predicted octanol–water partition coefficient (Wildman–Crippen LogP) is 0.828. The molecule has 0 bridgehead atoms. The van der Waals surface area contributed by atoms with Crippen molar-refractivity contribution in [2.45, 2.75) is 12.3 Å². The zero-order valence-corrected chi connectivity index (χ0v) is 19.7. The molecule has 0 fully saturated rings. The maximum atomic E-state index is 12.3. The van der Waals surface area contributed by atoms with Gasteiger partial charge in [0.05, 0.1) is 11.8 Å². The molecule has 0 radical (unpaired) electrons. The maximum absolute atomic E-state index is 12.3. The molecule has 12 nitrogen and oxygen atoms in total. The third-order valence-electron chi connectivity index (χ3n) is 4.60. The molecule has 0 spiro atoms. The number of carbonyl (C=O) groups is 3. The molecule has 0 saturated heterocycles. The number of nitrogens with two attached hydrogens (primary N) is 1. The van der Waals surface area contributed by atoms with Gasteiger partial charge in [0.1, 0.15) is 5.75 Å². The minimum atomic E-state index is -3.67. The third kappa shape index (κ3) is 7.56. The van der Waals surface area contributed by atoms with Gasteiger partial charge in [0.15, 0.2) is 11.4 Å². The van der Waals surface area contributed by atoms with Crippen LogP contribution in [-0.2, 0) is 25.1 Å². The molecule has 6 N–H and O–H groups in total. The molecule has 1 amide bonds. The van der Waals surface area contributed by atoms with Crippen LogP contribution in [0, 0.1) is 5.41 Å². The molecule has 0 aliphatic heterocycles. The number of esters is 1. The van der Waals surface area contributed by atoms with Gasteiger partial charge in [-0.25, -0.2) is 4.79 Å². The van der Waals surface area contributed by atoms with E-state index in [0.29, 0.717) is 11.9 Å². The van der Waals surface area contributed by atoms with Crippen molar-refractivity contribution < 1.29 is 37.2 Å². The fourth-order valence-electron chi connectivity index (χ4n) is 2.58. The van der Waals surface area contributed by atoms with Crippen molar-refractivity contribution in [1.29, 1.82) is 5.41 Å². The van der Waals surface area contributed by atoms with Crippen LogP contribution >= 0.6 is 0 Å². The van der Waals surface area contributed by atoms with Crippen LogP contribution in [0.3, 0.4) is 0 Å². The summed E-state index contributed by atoms with van der Waals surface area (Å²) in [5.41, 5.74) is 4.82. The van der Waals surface area contributed by atoms with Crippen LogP contribution in [0.15, 0.2) is 48.5 Å². The number of anilines is 1. The van der Waals surface area contributed by atoms with Crippen molar-refractivity contribution in [2.75, 3.05) is 25.3 Å². The Labute approximate surface area is 196 Å². The van der Waals surface area contributed by atoms with Crippen molar-refractivity contribution in [1.82, 2.24) is 5.32 Å². The van der Waals surface area contributed by atoms with Crippen LogP contribution in [0.2, 0.25) is 0 Å². The lowest BCUT2D eigenvalue weighted by Gasteiger charge is -2.23. The van der Waals surface area contributed by atoms with E-state index in [0.717, 1.165) is 0 Å². The number of aliphatic carboxylic acids is 1. The zero-order valence-electron chi connectivity index (χ0n) is 18.9. The third-order valence-corrected chi connectivity index (χ3v) is 4.60. The smallest absolute Gasteiger partial charge is 0.343 e. The van der Waals surface area contributed by atoms with E-state index < -0.39 is 33.4 Å². The lowest BCUT2D eigenvalue weighted by Crippen LogP contribution is -2.46. The molecule has 0 heterocycles. The first kappa shape index (κ1) is 28.1. The van der Waals surface area contributed by atoms with Gasteiger partial charge in [0, 0.05) is 19.8 Å². The normalized spacial score (nSPS) is 12.3. The van der Waals surface area contributed by atoms with Crippen molar-refractivity contribution >= 4 is 39.6 Å². The highest BCUT2D eigenvalue weighted by atomic mass is 32.2. The van der Waals surface area contributed by atoms with Crippen molar-refractivity contribution in [3.05, 3.63) is 59.7 Å². The van der Waals surface area contributed by atoms with E-state index in [1.807, 2.05) is 0 Å². The Balaban J connectivity index is 0.00000104. The zero-order chi connectivity index (χ0) is 26.3. The van der Waals surface area contributed by atoms with Gasteiger partial charge in [-0.15, -0.1) is 0 Å². The summed E-state index contributed by atoms with van der Waals surface area (Å²) in [5.74, 6) is -2.50. The van der Waals surface area contributed by atoms with Crippen LogP contribution in [0.25, 0.3) is 0 Å². The number of rotatable bonds is 6. The van der Waals surface area contributed by atoms with Gasteiger partial charge in [0.25, 0.3) is 10.1 Å². The van der Waals surface area contributed by atoms with E-state index in [1.54, 1.807) is 31.3 Å². The van der Waals surface area contributed by atoms with Crippen LogP contribution in [0.5, 0.6) is 5.75 Å². The highest BCUT2D eigenvalue weighted by Crippen LogP contribution is 2.27. The molecule has 0 aliphatic carbocycles. The number of nitrogens with one attached hydrogen (secondary N) is 2. The van der Waals surface area contributed by atoms with Gasteiger partial charge >= 0.3 is 11.9 Å². The molecule has 0 aliphatic rings. The Bertz CT molecular complexity index is 1160. The molecule has 184 valence electrons. The summed E-state index contributed by atoms with van der Waals surface area (Å²) < 4.78 is 31.2. The first-order valence-electron chi connectivity index (χ1n) is 9.49. The molecule has 1 unspecified atom stereocenters. The van der Waals surface area contributed by atoms with E-state index in [4.69, 9.17) is 20.4 Å². The summed E-state index contributed by atoms with van der Waals surface area (Å²) in [6.07, 6.45) is 0.715. The van der Waals surface area contributed by atoms with Crippen LogP contribution < -0.4 is 20.7 Å². The second-order valence-corrected chi connectivity index (χ2v) is 8.61. The first-order valence-corrected chi connectivity index (χ1v) is 11.3. The number of carboxylic acids is 1. The van der Waals surface area contributed by atoms with Crippen LogP contribution in [-0.4, -0.2) is 62.2 Å². The minimum absolute atomic E-state index is 0.134. The molecule has 2 aromatic carbocycles. The Morgan fingerprint density at radius 3 is 1.94 bits per heavy atom. The summed E-state index contributed by atoms with van der Waals surface area (Å²) in [7, 11) is -0.681. The molecular formula is C21H26N4O8S. The van der Waals surface area contributed by atoms with E-state index in [-0.39, 0.29) is 22.8 Å². The monoisotopic (exact) mass is 494 g/mol. The number of hydrogen-bond donors (Lipinski definition) is 5. The van der Waals surface area contributed by atoms with Crippen molar-refractivity contribution in [2.24, 2.45) is 5.73 Å². The maximum Gasteiger partial charge on any atom is 0.343 e. The summed E-state index contributed by atoms with van der Waals surface area (Å²) in [6.45, 7) is 1.30. The average molecular weight is 495 g/mol. The number of likely N-dealkylation sites (N-methyl/N-ethyl adjacent to an activating group) is 1. The number of ether oxygens (including phenoxy) is 1. The number of benzene rings is 2. The summed E-state index contributed by atoms with van der Waals surface area (Å²) in [5, 5.41) is 19.2. The molecule has 1 atom stereocenters. The molecule has 2 aromatic rings. The molecular weight excluding hydrogens is 468 g/mol. The predicted molar refractivity (Wildman–Crippen MR) is 125 cm³/mol. The van der Waals surface area contributed by atoms with Crippen molar-refractivity contribution in [3.63, 3.8) is 0 Å². The first-order chi connectivity index (χ1) is 15.6. The molecule has 2 rings (SSSR count). The Morgan fingerprint density at radius 1 is 1.09 bits per heavy atom. The van der Waals surface area contributed by atoms with E-state index >= 15 is 0 Å². The van der Waals surface area contributed by atoms with Gasteiger partial charge in [0.2, 0.25) is 5.91 Å². The number of carbonyl (C=O) groups excluding carboxylic acids is 2. The number of amides is 1. The second kappa shape index (κ2) is 11.2. The average Bonchev–Trinajstić information content (AvgIpc) is 2.76. The second-order valence-electron chi connectivity index (χ2n) is 7.15. The largest absolute Gasteiger partial charge is 0.480 e. The number of nitrogens with zero attached hydrogens (tertiary/aromatic N) is 1. The number of carboxylic acid groups (broad SMARTS) is 1. The quantitative estimate of drug-likeness (QED) is 0.0956. The Hall–Kier alpha value is -3.97. The molecule has 0 saturated carbocycles. The van der Waals surface area contributed by atoms with Gasteiger partial charge in [-0.1, -0.05) is 12.1 Å². The van der Waals surface area contributed by atoms with Gasteiger partial charge in [-0.2, -0.15) is 8.42 Å². The minimum Gasteiger partial charge on any atom is -0.480 e. The summed E-state index contributed by atoms with van der Waals surface area (Å²) in [4.78, 5) is 37.4. The highest BCUT2D eigenvalue weighted by molar-refractivity contribution is 7.85. The molecule has 13 heteroatoms. The van der Waals surface area contributed by atoms with E-state index in [9.17, 15) is 27.9 Å². The standard InChI is InChI=1S/C20H22N4O5.CH4O3S/c1-20(18(27)28,17(26)23-2)13-6-10-15(11-7-13)29-16(25)12-4-8-14(9-5-12)24(3)19(21)22;1-5(2,3)4/h4-11H,1-3H3,(H3,21,22)(H,23,26)(H,27,28);1H3,(H,2,3,4). The Kier molecular flexibility index (Phi) is 9.28. The molecule has 0 aromatic heterocycles. The lowest BCUT2D eigenvalue weighted by atomic mass is 9.81. The highest BCUT2D eigenvalue weighted by Gasteiger charge is 2.42. The number of hydrogen-bond acceptors (Lipinski definition) is 7. The number of guanidine groups is 1. The van der Waals surface area contributed by atoms with E-state index in [2.05, 4.69) is 5.32 Å². The fraction of sp³-hybridized carbons (Fsp3) is 0.238.